The topological polar surface area (TPSA) is 46.2 Å². The summed E-state index contributed by atoms with van der Waals surface area (Å²) in [6.07, 6.45) is 0. The van der Waals surface area contributed by atoms with E-state index >= 15 is 0 Å². The number of phenols is 1. The Balaban J connectivity index is 2.94. The molecule has 2 aromatic rings. The summed E-state index contributed by atoms with van der Waals surface area (Å²) in [5.41, 5.74) is 5.94. The van der Waals surface area contributed by atoms with Gasteiger partial charge in [-0.3, -0.25) is 0 Å². The third kappa shape index (κ3) is 0.956. The molecule has 4 heteroatoms. The van der Waals surface area contributed by atoms with Crippen molar-refractivity contribution in [2.75, 3.05) is 5.73 Å². The highest BCUT2D eigenvalue weighted by atomic mass is 32.1. The van der Waals surface area contributed by atoms with Crippen LogP contribution in [0.15, 0.2) is 22.4 Å². The maximum Gasteiger partial charge on any atom is 0.148 e. The second kappa shape index (κ2) is 2.57. The Bertz CT molecular complexity index is 436. The molecular weight excluding hydrogens is 190 g/mol. The summed E-state index contributed by atoms with van der Waals surface area (Å²) in [7, 11) is 0. The Morgan fingerprint density at radius 3 is 3.00 bits per heavy atom. The molecule has 2 nitrogen and oxygen atoms in total. The summed E-state index contributed by atoms with van der Waals surface area (Å²) in [6, 6.07) is 3.71. The van der Waals surface area contributed by atoms with Crippen molar-refractivity contribution >= 4 is 39.7 Å². The minimum absolute atomic E-state index is 0.138. The van der Waals surface area contributed by atoms with Crippen molar-refractivity contribution in [1.29, 1.82) is 0 Å². The minimum atomic E-state index is 0.138. The summed E-state index contributed by atoms with van der Waals surface area (Å²) < 4.78 is 1.01. The van der Waals surface area contributed by atoms with E-state index in [1.807, 2.05) is 17.5 Å². The predicted molar refractivity (Wildman–Crippen MR) is 55.2 cm³/mol. The lowest BCUT2D eigenvalue weighted by molar-refractivity contribution is 0.483. The van der Waals surface area contributed by atoms with Crippen LogP contribution in [0, 0.1) is 0 Å². The Morgan fingerprint density at radius 1 is 1.50 bits per heavy atom. The highest BCUT2D eigenvalue weighted by molar-refractivity contribution is 7.80. The summed E-state index contributed by atoms with van der Waals surface area (Å²) in [5, 5.41) is 12.3. The fraction of sp³-hybridized carbons (Fsp3) is 0. The van der Waals surface area contributed by atoms with Crippen molar-refractivity contribution in [3.8, 4) is 5.75 Å². The minimum Gasteiger partial charge on any atom is -0.505 e. The summed E-state index contributed by atoms with van der Waals surface area (Å²) in [4.78, 5) is 0.627. The molecule has 1 aromatic heterocycles. The van der Waals surface area contributed by atoms with Crippen LogP contribution in [0.5, 0.6) is 5.75 Å². The van der Waals surface area contributed by atoms with E-state index in [-0.39, 0.29) is 5.75 Å². The van der Waals surface area contributed by atoms with Gasteiger partial charge >= 0.3 is 0 Å². The second-order valence-corrected chi connectivity index (χ2v) is 3.92. The first kappa shape index (κ1) is 7.76. The average Bonchev–Trinajstić information content (AvgIpc) is 2.48. The van der Waals surface area contributed by atoms with E-state index in [4.69, 9.17) is 5.73 Å². The molecule has 0 fully saturated rings. The van der Waals surface area contributed by atoms with Crippen molar-refractivity contribution in [1.82, 2.24) is 0 Å². The number of benzene rings is 1. The lowest BCUT2D eigenvalue weighted by Crippen LogP contribution is -1.87. The number of phenolic OH excluding ortho intramolecular Hbond substituents is 1. The van der Waals surface area contributed by atoms with Crippen molar-refractivity contribution in [2.24, 2.45) is 0 Å². The fourth-order valence-corrected chi connectivity index (χ4v) is 2.25. The highest BCUT2D eigenvalue weighted by Gasteiger charge is 2.07. The molecule has 62 valence electrons. The molecule has 1 aromatic carbocycles. The number of thiol groups is 1. The summed E-state index contributed by atoms with van der Waals surface area (Å²) in [5.74, 6) is 0.138. The SMILES string of the molecule is Nc1c(S)cc2sccc2c1O. The number of fused-ring (bicyclic) bond motifs is 1. The highest BCUT2D eigenvalue weighted by Crippen LogP contribution is 2.37. The van der Waals surface area contributed by atoms with Crippen LogP contribution in [0.3, 0.4) is 0 Å². The van der Waals surface area contributed by atoms with Gasteiger partial charge in [0.1, 0.15) is 5.75 Å². The van der Waals surface area contributed by atoms with Crippen LogP contribution in [0.4, 0.5) is 5.69 Å². The van der Waals surface area contributed by atoms with Gasteiger partial charge in [-0.05, 0) is 17.5 Å². The first-order chi connectivity index (χ1) is 5.70. The van der Waals surface area contributed by atoms with Crippen LogP contribution in [-0.4, -0.2) is 5.11 Å². The monoisotopic (exact) mass is 197 g/mol. The van der Waals surface area contributed by atoms with Crippen molar-refractivity contribution < 1.29 is 5.11 Å². The number of hydrogen-bond donors (Lipinski definition) is 3. The van der Waals surface area contributed by atoms with Gasteiger partial charge in [0.15, 0.2) is 0 Å². The van der Waals surface area contributed by atoms with Crippen LogP contribution in [-0.2, 0) is 0 Å². The molecule has 1 heterocycles. The molecule has 0 aliphatic rings. The third-order valence-corrected chi connectivity index (χ3v) is 2.98. The van der Waals surface area contributed by atoms with Gasteiger partial charge in [0, 0.05) is 15.0 Å². The van der Waals surface area contributed by atoms with Crippen LogP contribution in [0.25, 0.3) is 10.1 Å². The van der Waals surface area contributed by atoms with Crippen LogP contribution in [0.1, 0.15) is 0 Å². The maximum atomic E-state index is 9.56. The molecule has 0 aliphatic carbocycles. The Morgan fingerprint density at radius 2 is 2.25 bits per heavy atom. The quantitative estimate of drug-likeness (QED) is 0.345. The normalized spacial score (nSPS) is 10.8. The van der Waals surface area contributed by atoms with Crippen molar-refractivity contribution in [3.63, 3.8) is 0 Å². The van der Waals surface area contributed by atoms with Gasteiger partial charge in [-0.2, -0.15) is 0 Å². The zero-order valence-electron chi connectivity index (χ0n) is 6.11. The third-order valence-electron chi connectivity index (χ3n) is 1.75. The number of anilines is 1. The maximum absolute atomic E-state index is 9.56. The Labute approximate surface area is 79.0 Å². The zero-order valence-corrected chi connectivity index (χ0v) is 7.82. The van der Waals surface area contributed by atoms with E-state index in [9.17, 15) is 5.11 Å². The van der Waals surface area contributed by atoms with Gasteiger partial charge in [0.25, 0.3) is 0 Å². The molecule has 2 rings (SSSR count). The van der Waals surface area contributed by atoms with Gasteiger partial charge in [-0.25, -0.2) is 0 Å². The summed E-state index contributed by atoms with van der Waals surface area (Å²) in [6.45, 7) is 0. The molecule has 0 unspecified atom stereocenters. The van der Waals surface area contributed by atoms with Crippen molar-refractivity contribution in [3.05, 3.63) is 17.5 Å². The van der Waals surface area contributed by atoms with Crippen LogP contribution < -0.4 is 5.73 Å². The van der Waals surface area contributed by atoms with Crippen molar-refractivity contribution in [2.45, 2.75) is 4.90 Å². The van der Waals surface area contributed by atoms with Gasteiger partial charge in [0.2, 0.25) is 0 Å². The number of aromatic hydroxyl groups is 1. The average molecular weight is 197 g/mol. The molecule has 0 spiro atoms. The van der Waals surface area contributed by atoms with Crippen LogP contribution >= 0.6 is 24.0 Å². The fourth-order valence-electron chi connectivity index (χ4n) is 1.10. The number of thiophene rings is 1. The van der Waals surface area contributed by atoms with Gasteiger partial charge in [-0.15, -0.1) is 24.0 Å². The summed E-state index contributed by atoms with van der Waals surface area (Å²) >= 11 is 5.70. The molecule has 3 N–H and O–H groups in total. The molecule has 12 heavy (non-hydrogen) atoms. The standard InChI is InChI=1S/C8H7NOS2/c9-7-5(11)3-6-4(8(7)10)1-2-12-6/h1-3,10-11H,9H2. The molecule has 0 atom stereocenters. The Hall–Kier alpha value is -0.870. The lowest BCUT2D eigenvalue weighted by atomic mass is 10.2. The van der Waals surface area contributed by atoms with E-state index in [2.05, 4.69) is 12.6 Å². The molecule has 0 bridgehead atoms. The van der Waals surface area contributed by atoms with Crippen LogP contribution in [0.2, 0.25) is 0 Å². The first-order valence-electron chi connectivity index (χ1n) is 3.38. The van der Waals surface area contributed by atoms with E-state index in [0.29, 0.717) is 10.6 Å². The van der Waals surface area contributed by atoms with E-state index in [0.717, 1.165) is 10.1 Å². The lowest BCUT2D eigenvalue weighted by Gasteiger charge is -2.02. The molecular formula is C8H7NOS2. The molecule has 0 amide bonds. The van der Waals surface area contributed by atoms with E-state index < -0.39 is 0 Å². The van der Waals surface area contributed by atoms with Gasteiger partial charge in [0.05, 0.1) is 5.69 Å². The molecule has 0 aliphatic heterocycles. The predicted octanol–water partition coefficient (Wildman–Crippen LogP) is 2.48. The van der Waals surface area contributed by atoms with E-state index in [1.54, 1.807) is 11.3 Å². The van der Waals surface area contributed by atoms with E-state index in [1.165, 1.54) is 0 Å². The number of hydrogen-bond acceptors (Lipinski definition) is 4. The largest absolute Gasteiger partial charge is 0.505 e. The Kier molecular flexibility index (Phi) is 1.66. The molecule has 0 saturated heterocycles. The number of nitrogen functional groups attached to an aromatic ring is 1. The zero-order chi connectivity index (χ0) is 8.72. The number of nitrogens with two attached hydrogens (primary N) is 1. The van der Waals surface area contributed by atoms with Gasteiger partial charge in [-0.1, -0.05) is 0 Å². The molecule has 0 radical (unpaired) electrons. The number of rotatable bonds is 0. The van der Waals surface area contributed by atoms with Gasteiger partial charge < -0.3 is 10.8 Å². The smallest absolute Gasteiger partial charge is 0.148 e. The second-order valence-electron chi connectivity index (χ2n) is 2.49. The molecule has 0 saturated carbocycles. The first-order valence-corrected chi connectivity index (χ1v) is 4.70.